The van der Waals surface area contributed by atoms with Crippen LogP contribution in [-0.4, -0.2) is 81.6 Å². The lowest BCUT2D eigenvalue weighted by Gasteiger charge is -2.32. The first-order valence-electron chi connectivity index (χ1n) is 16.2. The lowest BCUT2D eigenvalue weighted by atomic mass is 10.0. The van der Waals surface area contributed by atoms with Crippen molar-refractivity contribution < 1.29 is 24.3 Å². The van der Waals surface area contributed by atoms with Crippen molar-refractivity contribution in [2.45, 2.75) is 109 Å². The Morgan fingerprint density at radius 2 is 1.85 bits per heavy atom. The quantitative estimate of drug-likeness (QED) is 0.126. The van der Waals surface area contributed by atoms with Crippen molar-refractivity contribution in [3.05, 3.63) is 70.8 Å². The summed E-state index contributed by atoms with van der Waals surface area (Å²) in [4.78, 5) is 44.8. The molecule has 0 bridgehead atoms. The average Bonchev–Trinajstić information content (AvgIpc) is 3.37. The smallest absolute Gasteiger partial charge is 0.407 e. The Morgan fingerprint density at radius 1 is 1.11 bits per heavy atom. The van der Waals surface area contributed by atoms with Gasteiger partial charge in [-0.15, -0.1) is 0 Å². The molecule has 4 rings (SSSR count). The number of carbonyl (C=O) groups excluding carboxylic acids is 3. The van der Waals surface area contributed by atoms with E-state index in [4.69, 9.17) is 10.5 Å². The number of rotatable bonds is 11. The summed E-state index contributed by atoms with van der Waals surface area (Å²) in [6.45, 7) is 10.7. The van der Waals surface area contributed by atoms with E-state index < -0.39 is 23.8 Å². The van der Waals surface area contributed by atoms with Crippen molar-refractivity contribution in [1.29, 1.82) is 0 Å². The molecule has 2 aromatic rings. The van der Waals surface area contributed by atoms with Crippen LogP contribution >= 0.6 is 0 Å². The molecule has 2 aliphatic rings. The van der Waals surface area contributed by atoms with Gasteiger partial charge in [-0.05, 0) is 89.0 Å². The molecule has 11 nitrogen and oxygen atoms in total. The van der Waals surface area contributed by atoms with E-state index in [-0.39, 0.29) is 42.6 Å². The second kappa shape index (κ2) is 15.4. The van der Waals surface area contributed by atoms with Crippen molar-refractivity contribution in [2.75, 3.05) is 13.1 Å². The summed E-state index contributed by atoms with van der Waals surface area (Å²) >= 11 is 0. The van der Waals surface area contributed by atoms with Gasteiger partial charge in [0.05, 0.1) is 6.04 Å². The molecule has 0 aliphatic carbocycles. The topological polar surface area (TPSA) is 150 Å². The van der Waals surface area contributed by atoms with Crippen molar-refractivity contribution >= 4 is 23.7 Å². The van der Waals surface area contributed by atoms with Crippen LogP contribution in [-0.2, 0) is 27.3 Å². The number of fused-ring (bicyclic) bond motifs is 1. The molecular weight excluding hydrogens is 584 g/mol. The van der Waals surface area contributed by atoms with Gasteiger partial charge in [-0.2, -0.15) is 0 Å². The first-order chi connectivity index (χ1) is 21.8. The van der Waals surface area contributed by atoms with Crippen LogP contribution in [0.5, 0.6) is 0 Å². The van der Waals surface area contributed by atoms with Gasteiger partial charge >= 0.3 is 6.09 Å². The number of ether oxygens (including phenoxy) is 1. The van der Waals surface area contributed by atoms with E-state index in [0.717, 1.165) is 24.0 Å². The molecule has 0 spiro atoms. The van der Waals surface area contributed by atoms with Crippen molar-refractivity contribution in [3.63, 3.8) is 0 Å². The van der Waals surface area contributed by atoms with E-state index >= 15 is 0 Å². The molecule has 250 valence electrons. The number of aryl methyl sites for hydroxylation is 3. The molecule has 2 aliphatic heterocycles. The number of nitrogens with two attached hydrogens (primary N) is 1. The van der Waals surface area contributed by atoms with Crippen LogP contribution in [0.25, 0.3) is 0 Å². The minimum Gasteiger partial charge on any atom is -0.444 e. The number of alkyl carbamates (subject to hydrolysis) is 1. The Bertz CT molecular complexity index is 1390. The Balaban J connectivity index is 1.57. The summed E-state index contributed by atoms with van der Waals surface area (Å²) in [6, 6.07) is 14.8. The molecule has 2 fully saturated rings. The van der Waals surface area contributed by atoms with E-state index in [0.29, 0.717) is 32.5 Å². The number of nitrogens with zero attached hydrogens (tertiary/aromatic N) is 3. The molecular formula is C35H50N6O5. The third-order valence-corrected chi connectivity index (χ3v) is 8.93. The minimum absolute atomic E-state index is 0.000847. The molecule has 0 radical (unpaired) electrons. The highest BCUT2D eigenvalue weighted by atomic mass is 16.6. The van der Waals surface area contributed by atoms with Crippen LogP contribution in [0.15, 0.2) is 53.7 Å². The predicted molar refractivity (Wildman–Crippen MR) is 177 cm³/mol. The van der Waals surface area contributed by atoms with Crippen molar-refractivity contribution in [1.82, 2.24) is 20.4 Å². The number of carbonyl (C=O) groups is 3. The molecule has 46 heavy (non-hydrogen) atoms. The fourth-order valence-corrected chi connectivity index (χ4v) is 6.42. The van der Waals surface area contributed by atoms with Crippen LogP contribution in [0.1, 0.15) is 75.1 Å². The summed E-state index contributed by atoms with van der Waals surface area (Å²) in [7, 11) is 0. The third-order valence-electron chi connectivity index (χ3n) is 8.93. The number of amides is 3. The molecule has 4 atom stereocenters. The van der Waals surface area contributed by atoms with Crippen LogP contribution in [0.2, 0.25) is 0 Å². The third kappa shape index (κ3) is 9.45. The van der Waals surface area contributed by atoms with Gasteiger partial charge in [-0.3, -0.25) is 14.5 Å². The zero-order valence-electron chi connectivity index (χ0n) is 27.8. The maximum absolute atomic E-state index is 14.4. The lowest BCUT2D eigenvalue weighted by Crippen LogP contribution is -2.53. The maximum atomic E-state index is 14.4. The summed E-state index contributed by atoms with van der Waals surface area (Å²) < 4.78 is 5.51. The van der Waals surface area contributed by atoms with Gasteiger partial charge in [-0.25, -0.2) is 4.79 Å². The van der Waals surface area contributed by atoms with Gasteiger partial charge in [0.1, 0.15) is 17.5 Å². The number of hydrogen-bond donors (Lipinski definition) is 4. The molecule has 2 saturated heterocycles. The highest BCUT2D eigenvalue weighted by molar-refractivity contribution is 5.91. The summed E-state index contributed by atoms with van der Waals surface area (Å²) in [5, 5.41) is 18.3. The van der Waals surface area contributed by atoms with Gasteiger partial charge in [0, 0.05) is 38.1 Å². The van der Waals surface area contributed by atoms with Gasteiger partial charge in [0.25, 0.3) is 0 Å². The predicted octanol–water partition coefficient (Wildman–Crippen LogP) is 4.02. The monoisotopic (exact) mass is 634 g/mol. The second-order valence-electron chi connectivity index (χ2n) is 13.6. The number of amidine groups is 1. The molecule has 3 amide bonds. The lowest BCUT2D eigenvalue weighted by molar-refractivity contribution is -0.143. The van der Waals surface area contributed by atoms with Gasteiger partial charge in [0.15, 0.2) is 0 Å². The molecule has 0 saturated carbocycles. The largest absolute Gasteiger partial charge is 0.444 e. The van der Waals surface area contributed by atoms with Crippen LogP contribution < -0.4 is 16.4 Å². The normalized spacial score (nSPS) is 21.3. The molecule has 0 aromatic heterocycles. The second-order valence-corrected chi connectivity index (χ2v) is 13.6. The zero-order valence-corrected chi connectivity index (χ0v) is 27.8. The van der Waals surface area contributed by atoms with E-state index in [2.05, 4.69) is 32.8 Å². The standard InChI is InChI=1S/C35H50N6O5/c1-23-11-12-26(19-24(23)2)21-37-32(42)29(15-16-31(36)39-45)40-18-17-28(14-13-25-9-7-6-8-10-25)41-22-27(20-30(41)33(40)43)38-34(44)46-35(3,4)5/h6-12,19,27-30,45H,13-18,20-22H2,1-5H3,(H2,36,39)(H,37,42)(H,38,44)/t27-,28?,29-,30+/m1/s1. The summed E-state index contributed by atoms with van der Waals surface area (Å²) in [5.74, 6) is -0.436. The van der Waals surface area contributed by atoms with E-state index in [1.54, 1.807) is 4.90 Å². The van der Waals surface area contributed by atoms with Gasteiger partial charge < -0.3 is 31.2 Å². The van der Waals surface area contributed by atoms with E-state index in [9.17, 15) is 19.6 Å². The Hall–Kier alpha value is -4.12. The summed E-state index contributed by atoms with van der Waals surface area (Å²) in [5.41, 5.74) is 9.67. The first-order valence-corrected chi connectivity index (χ1v) is 16.2. The highest BCUT2D eigenvalue weighted by Crippen LogP contribution is 2.31. The molecule has 2 heterocycles. The zero-order chi connectivity index (χ0) is 33.4. The minimum atomic E-state index is -0.813. The Labute approximate surface area is 272 Å². The van der Waals surface area contributed by atoms with E-state index in [1.165, 1.54) is 11.1 Å². The average molecular weight is 635 g/mol. The van der Waals surface area contributed by atoms with Crippen LogP contribution in [0.4, 0.5) is 4.79 Å². The van der Waals surface area contributed by atoms with Crippen molar-refractivity contribution in [3.8, 4) is 0 Å². The molecule has 1 unspecified atom stereocenters. The molecule has 11 heteroatoms. The Kier molecular flexibility index (Phi) is 11.7. The number of hydrogen-bond acceptors (Lipinski definition) is 7. The van der Waals surface area contributed by atoms with Gasteiger partial charge in [-0.1, -0.05) is 53.7 Å². The number of nitrogens with one attached hydrogen (secondary N) is 2. The van der Waals surface area contributed by atoms with E-state index in [1.807, 2.05) is 71.0 Å². The molecule has 5 N–H and O–H groups in total. The van der Waals surface area contributed by atoms with Crippen molar-refractivity contribution in [2.24, 2.45) is 10.9 Å². The SMILES string of the molecule is Cc1ccc(CNC(=O)[C@@H](CC/C(N)=N/O)N2CCC(CCc3ccccc3)N3C[C@H](NC(=O)OC(C)(C)C)C[C@H]3C2=O)cc1C. The van der Waals surface area contributed by atoms with Crippen LogP contribution in [0.3, 0.4) is 0 Å². The Morgan fingerprint density at radius 3 is 2.52 bits per heavy atom. The fourth-order valence-electron chi connectivity index (χ4n) is 6.42. The number of benzene rings is 2. The van der Waals surface area contributed by atoms with Crippen LogP contribution in [0, 0.1) is 13.8 Å². The number of oxime groups is 1. The maximum Gasteiger partial charge on any atom is 0.407 e. The first kappa shape index (κ1) is 34.7. The fraction of sp³-hybridized carbons (Fsp3) is 0.543. The van der Waals surface area contributed by atoms with Gasteiger partial charge in [0.2, 0.25) is 11.8 Å². The highest BCUT2D eigenvalue weighted by Gasteiger charge is 2.47. The molecule has 2 aromatic carbocycles. The summed E-state index contributed by atoms with van der Waals surface area (Å²) in [6.07, 6.45) is 2.60.